The van der Waals surface area contributed by atoms with Crippen LogP contribution in [0.4, 0.5) is 0 Å². The molecule has 1 unspecified atom stereocenters. The van der Waals surface area contributed by atoms with Crippen molar-refractivity contribution >= 4 is 11.0 Å². The predicted octanol–water partition coefficient (Wildman–Crippen LogP) is 2.65. The average Bonchev–Trinajstić information content (AvgIpc) is 3.19. The van der Waals surface area contributed by atoms with Gasteiger partial charge in [0.1, 0.15) is 11.6 Å². The van der Waals surface area contributed by atoms with Crippen molar-refractivity contribution in [1.82, 2.24) is 9.55 Å². The average molecular weight is 259 g/mol. The number of aromatic nitrogens is 2. The second-order valence-corrected chi connectivity index (χ2v) is 5.59. The van der Waals surface area contributed by atoms with Gasteiger partial charge in [0, 0.05) is 12.6 Å². The van der Waals surface area contributed by atoms with E-state index in [-0.39, 0.29) is 5.54 Å². The summed E-state index contributed by atoms with van der Waals surface area (Å²) in [7, 11) is 1.68. The first kappa shape index (κ1) is 12.5. The normalized spacial score (nSPS) is 18.5. The van der Waals surface area contributed by atoms with E-state index in [9.17, 15) is 0 Å². The molecule has 1 aliphatic carbocycles. The van der Waals surface area contributed by atoms with Crippen molar-refractivity contribution in [3.63, 3.8) is 0 Å². The van der Waals surface area contributed by atoms with Gasteiger partial charge in [0.25, 0.3) is 0 Å². The Balaban J connectivity index is 2.18. The number of methoxy groups -OCH3 is 1. The van der Waals surface area contributed by atoms with Gasteiger partial charge in [0.2, 0.25) is 0 Å². The first-order chi connectivity index (χ1) is 9.07. The van der Waals surface area contributed by atoms with Crippen molar-refractivity contribution in [3.8, 4) is 5.75 Å². The van der Waals surface area contributed by atoms with Gasteiger partial charge in [0.15, 0.2) is 0 Å². The number of nitrogens with zero attached hydrogens (tertiary/aromatic N) is 2. The molecule has 1 aromatic heterocycles. The molecule has 0 radical (unpaired) electrons. The highest BCUT2D eigenvalue weighted by Crippen LogP contribution is 2.44. The fourth-order valence-electron chi connectivity index (χ4n) is 2.83. The van der Waals surface area contributed by atoms with E-state index < -0.39 is 0 Å². The van der Waals surface area contributed by atoms with E-state index in [1.54, 1.807) is 7.11 Å². The third-order valence-corrected chi connectivity index (χ3v) is 4.18. The third-order valence-electron chi connectivity index (χ3n) is 4.18. The summed E-state index contributed by atoms with van der Waals surface area (Å²) in [5.74, 6) is 2.40. The number of fused-ring (bicyclic) bond motifs is 1. The molecule has 0 bridgehead atoms. The number of imidazole rings is 1. The maximum Gasteiger partial charge on any atom is 0.130 e. The van der Waals surface area contributed by atoms with E-state index in [1.807, 2.05) is 12.1 Å². The largest absolute Gasteiger partial charge is 0.497 e. The molecule has 0 saturated heterocycles. The van der Waals surface area contributed by atoms with E-state index in [0.29, 0.717) is 5.92 Å². The van der Waals surface area contributed by atoms with Crippen LogP contribution in [0.2, 0.25) is 0 Å². The molecule has 4 nitrogen and oxygen atoms in total. The van der Waals surface area contributed by atoms with Crippen LogP contribution < -0.4 is 10.5 Å². The molecular weight excluding hydrogens is 238 g/mol. The highest BCUT2D eigenvalue weighted by molar-refractivity contribution is 5.78. The Kier molecular flexibility index (Phi) is 2.78. The van der Waals surface area contributed by atoms with E-state index in [4.69, 9.17) is 15.5 Å². The Hall–Kier alpha value is -1.55. The molecule has 19 heavy (non-hydrogen) atoms. The first-order valence-corrected chi connectivity index (χ1v) is 6.91. The van der Waals surface area contributed by atoms with Gasteiger partial charge in [-0.3, -0.25) is 0 Å². The van der Waals surface area contributed by atoms with Crippen LogP contribution in [0.25, 0.3) is 11.0 Å². The van der Waals surface area contributed by atoms with E-state index in [1.165, 1.54) is 12.8 Å². The van der Waals surface area contributed by atoms with Gasteiger partial charge in [-0.25, -0.2) is 4.98 Å². The van der Waals surface area contributed by atoms with E-state index in [2.05, 4.69) is 24.5 Å². The van der Waals surface area contributed by atoms with Gasteiger partial charge in [-0.2, -0.15) is 0 Å². The Morgan fingerprint density at radius 1 is 1.47 bits per heavy atom. The molecule has 0 spiro atoms. The molecule has 1 aromatic carbocycles. The summed E-state index contributed by atoms with van der Waals surface area (Å²) in [4.78, 5) is 4.78. The Labute approximate surface area is 113 Å². The van der Waals surface area contributed by atoms with Crippen LogP contribution in [-0.2, 0) is 12.1 Å². The summed E-state index contributed by atoms with van der Waals surface area (Å²) in [6.45, 7) is 5.13. The number of hydrogen-bond donors (Lipinski definition) is 1. The first-order valence-electron chi connectivity index (χ1n) is 6.91. The molecule has 1 saturated carbocycles. The zero-order valence-corrected chi connectivity index (χ0v) is 11.8. The Morgan fingerprint density at radius 2 is 2.21 bits per heavy atom. The highest BCUT2D eigenvalue weighted by Gasteiger charge is 2.42. The van der Waals surface area contributed by atoms with Crippen molar-refractivity contribution in [1.29, 1.82) is 0 Å². The second kappa shape index (κ2) is 4.23. The van der Waals surface area contributed by atoms with Crippen LogP contribution in [0, 0.1) is 5.92 Å². The maximum absolute atomic E-state index is 6.54. The van der Waals surface area contributed by atoms with Gasteiger partial charge in [0.05, 0.1) is 23.7 Å². The minimum Gasteiger partial charge on any atom is -0.497 e. The summed E-state index contributed by atoms with van der Waals surface area (Å²) in [5, 5.41) is 0. The number of benzene rings is 1. The van der Waals surface area contributed by atoms with Gasteiger partial charge in [-0.15, -0.1) is 0 Å². The lowest BCUT2D eigenvalue weighted by Gasteiger charge is -2.24. The zero-order valence-electron chi connectivity index (χ0n) is 11.8. The fraction of sp³-hybridized carbons (Fsp3) is 0.533. The van der Waals surface area contributed by atoms with Crippen LogP contribution in [0.1, 0.15) is 32.5 Å². The lowest BCUT2D eigenvalue weighted by atomic mass is 9.96. The third kappa shape index (κ3) is 1.91. The number of rotatable bonds is 4. The molecule has 2 N–H and O–H groups in total. The highest BCUT2D eigenvalue weighted by atomic mass is 16.5. The van der Waals surface area contributed by atoms with Crippen LogP contribution >= 0.6 is 0 Å². The molecule has 1 heterocycles. The predicted molar refractivity (Wildman–Crippen MR) is 76.2 cm³/mol. The van der Waals surface area contributed by atoms with E-state index >= 15 is 0 Å². The molecule has 0 amide bonds. The van der Waals surface area contributed by atoms with Crippen molar-refractivity contribution in [3.05, 3.63) is 24.0 Å². The zero-order chi connectivity index (χ0) is 13.6. The van der Waals surface area contributed by atoms with Gasteiger partial charge < -0.3 is 15.0 Å². The summed E-state index contributed by atoms with van der Waals surface area (Å²) >= 11 is 0. The number of hydrogen-bond acceptors (Lipinski definition) is 3. The molecular formula is C15H21N3O. The van der Waals surface area contributed by atoms with Crippen molar-refractivity contribution in [2.45, 2.75) is 38.8 Å². The minimum atomic E-state index is -0.331. The molecule has 2 aromatic rings. The quantitative estimate of drug-likeness (QED) is 0.918. The minimum absolute atomic E-state index is 0.331. The molecule has 4 heteroatoms. The van der Waals surface area contributed by atoms with Crippen molar-refractivity contribution in [2.24, 2.45) is 11.7 Å². The fourth-order valence-corrected chi connectivity index (χ4v) is 2.83. The van der Waals surface area contributed by atoms with Gasteiger partial charge in [-0.05, 0) is 44.7 Å². The van der Waals surface area contributed by atoms with Crippen LogP contribution in [0.5, 0.6) is 5.75 Å². The Morgan fingerprint density at radius 3 is 2.79 bits per heavy atom. The molecule has 1 atom stereocenters. The number of nitrogens with two attached hydrogens (primary N) is 1. The van der Waals surface area contributed by atoms with E-state index in [0.717, 1.165) is 29.2 Å². The molecule has 0 aliphatic heterocycles. The standard InChI is InChI=1S/C15H21N3O/c1-4-18-13-8-7-11(19-3)9-12(13)17-14(18)15(2,16)10-5-6-10/h7-10H,4-6,16H2,1-3H3. The maximum atomic E-state index is 6.54. The number of aryl methyl sites for hydroxylation is 1. The summed E-state index contributed by atoms with van der Waals surface area (Å²) in [6.07, 6.45) is 2.42. The van der Waals surface area contributed by atoms with Gasteiger partial charge in [-0.1, -0.05) is 0 Å². The van der Waals surface area contributed by atoms with Crippen LogP contribution in [0.3, 0.4) is 0 Å². The van der Waals surface area contributed by atoms with Crippen LogP contribution in [0.15, 0.2) is 18.2 Å². The topological polar surface area (TPSA) is 53.1 Å². The molecule has 102 valence electrons. The van der Waals surface area contributed by atoms with Gasteiger partial charge >= 0.3 is 0 Å². The van der Waals surface area contributed by atoms with Crippen molar-refractivity contribution in [2.75, 3.05) is 7.11 Å². The molecule has 1 fully saturated rings. The molecule has 1 aliphatic rings. The molecule has 3 rings (SSSR count). The van der Waals surface area contributed by atoms with Crippen molar-refractivity contribution < 1.29 is 4.74 Å². The smallest absolute Gasteiger partial charge is 0.130 e. The van der Waals surface area contributed by atoms with Crippen LogP contribution in [-0.4, -0.2) is 16.7 Å². The second-order valence-electron chi connectivity index (χ2n) is 5.59. The number of ether oxygens (including phenoxy) is 1. The summed E-state index contributed by atoms with van der Waals surface area (Å²) in [6, 6.07) is 6.02. The monoisotopic (exact) mass is 259 g/mol. The lowest BCUT2D eigenvalue weighted by molar-refractivity contribution is 0.385. The Bertz CT molecular complexity index is 611. The SMILES string of the molecule is CCn1c(C(C)(N)C2CC2)nc2cc(OC)ccc21. The lowest BCUT2D eigenvalue weighted by Crippen LogP contribution is -2.38. The summed E-state index contributed by atoms with van der Waals surface area (Å²) < 4.78 is 7.50. The summed E-state index contributed by atoms with van der Waals surface area (Å²) in [5.41, 5.74) is 8.31.